The Labute approximate surface area is 157 Å². The molecule has 0 aromatic heterocycles. The molecule has 146 valence electrons. The summed E-state index contributed by atoms with van der Waals surface area (Å²) in [5.41, 5.74) is 0. The zero-order valence-electron chi connectivity index (χ0n) is 16.9. The topological polar surface area (TPSA) is 20.2 Å². The lowest BCUT2D eigenvalue weighted by molar-refractivity contribution is 0.296. The molecular formula is C22H46OS. The van der Waals surface area contributed by atoms with Gasteiger partial charge in [-0.25, -0.2) is 0 Å². The maximum absolute atomic E-state index is 8.70. The molecule has 2 heteroatoms. The average Bonchev–Trinajstić information content (AvgIpc) is 2.56. The van der Waals surface area contributed by atoms with Crippen LogP contribution in [0.25, 0.3) is 0 Å². The molecule has 1 nitrogen and oxygen atoms in total. The van der Waals surface area contributed by atoms with Gasteiger partial charge in [0.2, 0.25) is 0 Å². The van der Waals surface area contributed by atoms with Crippen molar-refractivity contribution in [3.63, 3.8) is 0 Å². The van der Waals surface area contributed by atoms with Gasteiger partial charge in [0, 0.05) is 6.61 Å². The summed E-state index contributed by atoms with van der Waals surface area (Å²) in [4.78, 5) is 0. The Kier molecular flexibility index (Phi) is 21.6. The average molecular weight is 359 g/mol. The third kappa shape index (κ3) is 22.3. The second kappa shape index (κ2) is 21.4. The van der Waals surface area contributed by atoms with Crippen molar-refractivity contribution in [2.45, 2.75) is 117 Å². The first-order chi connectivity index (χ1) is 11.8. The molecule has 0 rings (SSSR count). The summed E-state index contributed by atoms with van der Waals surface area (Å²) >= 11 is 2.00. The van der Waals surface area contributed by atoms with Crippen LogP contribution in [0.1, 0.15) is 117 Å². The van der Waals surface area contributed by atoms with Crippen molar-refractivity contribution in [2.75, 3.05) is 18.1 Å². The van der Waals surface area contributed by atoms with Gasteiger partial charge in [-0.3, -0.25) is 0 Å². The van der Waals surface area contributed by atoms with E-state index in [1.54, 1.807) is 0 Å². The predicted molar refractivity (Wildman–Crippen MR) is 113 cm³/mol. The van der Waals surface area contributed by atoms with Gasteiger partial charge in [0.05, 0.1) is 0 Å². The molecule has 0 aromatic carbocycles. The monoisotopic (exact) mass is 358 g/mol. The summed E-state index contributed by atoms with van der Waals surface area (Å²) in [7, 11) is 0. The Bertz CT molecular complexity index is 218. The van der Waals surface area contributed by atoms with Crippen molar-refractivity contribution in [3.8, 4) is 0 Å². The van der Waals surface area contributed by atoms with Gasteiger partial charge in [0.25, 0.3) is 0 Å². The third-order valence-corrected chi connectivity index (χ3v) is 5.92. The van der Waals surface area contributed by atoms with Crippen LogP contribution in [-0.2, 0) is 0 Å². The predicted octanol–water partition coefficient (Wildman–Crippen LogP) is 7.61. The van der Waals surface area contributed by atoms with Crippen LogP contribution in [0.5, 0.6) is 0 Å². The highest BCUT2D eigenvalue weighted by molar-refractivity contribution is 7.99. The van der Waals surface area contributed by atoms with Gasteiger partial charge in [0.15, 0.2) is 0 Å². The highest BCUT2D eigenvalue weighted by Crippen LogP contribution is 2.15. The van der Waals surface area contributed by atoms with Crippen LogP contribution >= 0.6 is 11.8 Å². The van der Waals surface area contributed by atoms with Gasteiger partial charge in [0.1, 0.15) is 0 Å². The van der Waals surface area contributed by atoms with Crippen molar-refractivity contribution < 1.29 is 5.11 Å². The number of hydrogen-bond donors (Lipinski definition) is 1. The minimum absolute atomic E-state index is 0.352. The van der Waals surface area contributed by atoms with Gasteiger partial charge in [-0.1, -0.05) is 104 Å². The van der Waals surface area contributed by atoms with Gasteiger partial charge in [-0.2, -0.15) is 11.8 Å². The minimum atomic E-state index is 0.352. The first kappa shape index (κ1) is 24.3. The van der Waals surface area contributed by atoms with E-state index < -0.39 is 0 Å². The Morgan fingerprint density at radius 2 is 0.917 bits per heavy atom. The fraction of sp³-hybridized carbons (Fsp3) is 1.00. The molecule has 1 N–H and O–H groups in total. The maximum Gasteiger partial charge on any atom is 0.0438 e. The Hall–Kier alpha value is 0.310. The summed E-state index contributed by atoms with van der Waals surface area (Å²) in [6, 6.07) is 0. The third-order valence-electron chi connectivity index (χ3n) is 4.77. The van der Waals surface area contributed by atoms with Gasteiger partial charge < -0.3 is 5.11 Å². The normalized spacial score (nSPS) is 11.5. The molecule has 0 spiro atoms. The number of hydrogen-bond acceptors (Lipinski definition) is 2. The second-order valence-electron chi connectivity index (χ2n) is 7.82. The van der Waals surface area contributed by atoms with Crippen LogP contribution in [0.4, 0.5) is 0 Å². The number of aliphatic hydroxyl groups excluding tert-OH is 1. The molecule has 0 amide bonds. The number of thioether (sulfide) groups is 1. The van der Waals surface area contributed by atoms with Crippen LogP contribution in [-0.4, -0.2) is 23.2 Å². The molecule has 0 fully saturated rings. The first-order valence-corrected chi connectivity index (χ1v) is 12.1. The molecule has 0 saturated heterocycles. The lowest BCUT2D eigenvalue weighted by atomic mass is 10.0. The van der Waals surface area contributed by atoms with E-state index in [1.165, 1.54) is 102 Å². The van der Waals surface area contributed by atoms with Crippen LogP contribution in [0, 0.1) is 5.92 Å². The summed E-state index contributed by atoms with van der Waals surface area (Å²) < 4.78 is 0. The number of rotatable bonds is 20. The van der Waals surface area contributed by atoms with E-state index in [2.05, 4.69) is 13.8 Å². The van der Waals surface area contributed by atoms with Crippen molar-refractivity contribution in [1.82, 2.24) is 0 Å². The molecule has 0 unspecified atom stereocenters. The fourth-order valence-electron chi connectivity index (χ4n) is 3.15. The molecule has 0 aromatic rings. The second-order valence-corrected chi connectivity index (χ2v) is 9.05. The van der Waals surface area contributed by atoms with E-state index in [4.69, 9.17) is 5.11 Å². The quantitative estimate of drug-likeness (QED) is 0.226. The standard InChI is InChI=1S/C22H46OS/c1-22(2)18-15-13-11-9-7-5-3-4-6-8-10-12-14-16-20-24-21-17-19-23/h22-23H,3-21H2,1-2H3. The molecule has 0 bridgehead atoms. The molecule has 0 radical (unpaired) electrons. The van der Waals surface area contributed by atoms with Gasteiger partial charge in [-0.05, 0) is 30.3 Å². The SMILES string of the molecule is CC(C)CCCCCCCCCCCCCCCCSCCCO. The highest BCUT2D eigenvalue weighted by Gasteiger charge is 1.96. The van der Waals surface area contributed by atoms with Crippen LogP contribution in [0.3, 0.4) is 0 Å². The Morgan fingerprint density at radius 3 is 1.33 bits per heavy atom. The van der Waals surface area contributed by atoms with Crippen molar-refractivity contribution >= 4 is 11.8 Å². The summed E-state index contributed by atoms with van der Waals surface area (Å²) in [5.74, 6) is 3.31. The lowest BCUT2D eigenvalue weighted by Gasteiger charge is -2.05. The van der Waals surface area contributed by atoms with Crippen LogP contribution in [0.2, 0.25) is 0 Å². The smallest absolute Gasteiger partial charge is 0.0438 e. The summed E-state index contributed by atoms with van der Waals surface area (Å²) in [6.07, 6.45) is 22.6. The molecule has 0 aliphatic heterocycles. The molecule has 0 atom stereocenters. The molecule has 24 heavy (non-hydrogen) atoms. The van der Waals surface area contributed by atoms with E-state index in [1.807, 2.05) is 11.8 Å². The lowest BCUT2D eigenvalue weighted by Crippen LogP contribution is -1.88. The summed E-state index contributed by atoms with van der Waals surface area (Å²) in [6.45, 7) is 5.02. The largest absolute Gasteiger partial charge is 0.396 e. The van der Waals surface area contributed by atoms with E-state index in [9.17, 15) is 0 Å². The molecule has 0 aliphatic rings. The fourth-order valence-corrected chi connectivity index (χ4v) is 4.09. The van der Waals surface area contributed by atoms with Crippen LogP contribution in [0.15, 0.2) is 0 Å². The molecule has 0 aliphatic carbocycles. The van der Waals surface area contributed by atoms with Gasteiger partial charge >= 0.3 is 0 Å². The molecular weight excluding hydrogens is 312 g/mol. The van der Waals surface area contributed by atoms with Crippen molar-refractivity contribution in [1.29, 1.82) is 0 Å². The summed E-state index contributed by atoms with van der Waals surface area (Å²) in [5, 5.41) is 8.70. The van der Waals surface area contributed by atoms with Gasteiger partial charge in [-0.15, -0.1) is 0 Å². The van der Waals surface area contributed by atoms with E-state index in [0.29, 0.717) is 6.61 Å². The highest BCUT2D eigenvalue weighted by atomic mass is 32.2. The Morgan fingerprint density at radius 1 is 0.542 bits per heavy atom. The van der Waals surface area contributed by atoms with E-state index in [0.717, 1.165) is 18.1 Å². The molecule has 0 saturated carbocycles. The number of unbranched alkanes of at least 4 members (excludes halogenated alkanes) is 13. The zero-order valence-corrected chi connectivity index (χ0v) is 17.7. The molecule has 0 heterocycles. The zero-order chi connectivity index (χ0) is 17.7. The number of aliphatic hydroxyl groups is 1. The maximum atomic E-state index is 8.70. The van der Waals surface area contributed by atoms with E-state index >= 15 is 0 Å². The van der Waals surface area contributed by atoms with Crippen molar-refractivity contribution in [2.24, 2.45) is 5.92 Å². The van der Waals surface area contributed by atoms with Crippen molar-refractivity contribution in [3.05, 3.63) is 0 Å². The Balaban J connectivity index is 2.95. The van der Waals surface area contributed by atoms with Crippen LogP contribution < -0.4 is 0 Å². The first-order valence-electron chi connectivity index (χ1n) is 11.0. The minimum Gasteiger partial charge on any atom is -0.396 e. The van der Waals surface area contributed by atoms with E-state index in [-0.39, 0.29) is 0 Å².